The van der Waals surface area contributed by atoms with E-state index in [1.165, 1.54) is 38.6 Å². The standard InChI is InChI=1S/C19H27N/c1-18(2,3)15-10-13-6-5-7-14-12-20(4)19(8-9-19)16(11-15)17(13)14/h10-11,14H,5-9,12H2,1-4H3/t14-/m0/s1. The molecular weight excluding hydrogens is 242 g/mol. The van der Waals surface area contributed by atoms with Gasteiger partial charge in [0.1, 0.15) is 0 Å². The van der Waals surface area contributed by atoms with Crippen molar-refractivity contribution < 1.29 is 0 Å². The predicted molar refractivity (Wildman–Crippen MR) is 84.4 cm³/mol. The molecule has 3 aliphatic rings. The van der Waals surface area contributed by atoms with Crippen LogP contribution in [0.5, 0.6) is 0 Å². The minimum Gasteiger partial charge on any atom is -0.296 e. The molecule has 0 radical (unpaired) electrons. The molecule has 1 fully saturated rings. The molecular formula is C19H27N. The van der Waals surface area contributed by atoms with Crippen molar-refractivity contribution in [1.82, 2.24) is 4.90 Å². The highest BCUT2D eigenvalue weighted by Crippen LogP contribution is 2.58. The summed E-state index contributed by atoms with van der Waals surface area (Å²) in [6.45, 7) is 8.35. The number of fused-ring (bicyclic) bond motifs is 1. The lowest BCUT2D eigenvalue weighted by atomic mass is 9.71. The van der Waals surface area contributed by atoms with E-state index in [9.17, 15) is 0 Å². The normalized spacial score (nSPS) is 27.5. The fraction of sp³-hybridized carbons (Fsp3) is 0.684. The van der Waals surface area contributed by atoms with E-state index in [1.807, 2.05) is 0 Å². The third-order valence-electron chi connectivity index (χ3n) is 5.99. The summed E-state index contributed by atoms with van der Waals surface area (Å²) in [5.41, 5.74) is 7.39. The van der Waals surface area contributed by atoms with E-state index in [4.69, 9.17) is 0 Å². The van der Waals surface area contributed by atoms with Crippen LogP contribution >= 0.6 is 0 Å². The lowest BCUT2D eigenvalue weighted by Crippen LogP contribution is -2.42. The summed E-state index contributed by atoms with van der Waals surface area (Å²) >= 11 is 0. The van der Waals surface area contributed by atoms with Gasteiger partial charge in [-0.25, -0.2) is 0 Å². The van der Waals surface area contributed by atoms with Gasteiger partial charge < -0.3 is 0 Å². The van der Waals surface area contributed by atoms with Gasteiger partial charge in [0.15, 0.2) is 0 Å². The molecule has 0 unspecified atom stereocenters. The second kappa shape index (κ2) is 3.88. The van der Waals surface area contributed by atoms with Gasteiger partial charge in [-0.15, -0.1) is 0 Å². The van der Waals surface area contributed by atoms with E-state index in [2.05, 4.69) is 44.9 Å². The number of hydrogen-bond donors (Lipinski definition) is 0. The van der Waals surface area contributed by atoms with Crippen molar-refractivity contribution >= 4 is 0 Å². The summed E-state index contributed by atoms with van der Waals surface area (Å²) < 4.78 is 0. The fourth-order valence-electron chi connectivity index (χ4n) is 4.57. The summed E-state index contributed by atoms with van der Waals surface area (Å²) in [5, 5.41) is 0. The number of hydrogen-bond acceptors (Lipinski definition) is 1. The van der Waals surface area contributed by atoms with Crippen LogP contribution in [-0.4, -0.2) is 18.5 Å². The second-order valence-corrected chi connectivity index (χ2v) is 8.35. The highest BCUT2D eigenvalue weighted by atomic mass is 15.2. The largest absolute Gasteiger partial charge is 0.296 e. The zero-order valence-corrected chi connectivity index (χ0v) is 13.4. The summed E-state index contributed by atoms with van der Waals surface area (Å²) in [6.07, 6.45) is 6.83. The van der Waals surface area contributed by atoms with Crippen molar-refractivity contribution in [1.29, 1.82) is 0 Å². The van der Waals surface area contributed by atoms with Crippen LogP contribution in [0.15, 0.2) is 12.1 Å². The molecule has 1 atom stereocenters. The molecule has 0 amide bonds. The molecule has 2 aliphatic carbocycles. The molecule has 0 N–H and O–H groups in total. The van der Waals surface area contributed by atoms with Gasteiger partial charge in [-0.1, -0.05) is 32.9 Å². The lowest BCUT2D eigenvalue weighted by Gasteiger charge is -2.44. The van der Waals surface area contributed by atoms with Crippen molar-refractivity contribution in [2.45, 2.75) is 69.7 Å². The maximum atomic E-state index is 2.67. The first-order valence-electron chi connectivity index (χ1n) is 8.31. The average Bonchev–Trinajstić information content (AvgIpc) is 3.16. The minimum absolute atomic E-state index is 0.268. The van der Waals surface area contributed by atoms with E-state index in [0.717, 1.165) is 5.92 Å². The van der Waals surface area contributed by atoms with E-state index in [0.29, 0.717) is 5.54 Å². The molecule has 1 aromatic carbocycles. The van der Waals surface area contributed by atoms with E-state index in [-0.39, 0.29) is 5.41 Å². The predicted octanol–water partition coefficient (Wildman–Crippen LogP) is 4.34. The summed E-state index contributed by atoms with van der Waals surface area (Å²) in [7, 11) is 2.36. The fourth-order valence-corrected chi connectivity index (χ4v) is 4.57. The molecule has 1 aromatic rings. The van der Waals surface area contributed by atoms with Crippen molar-refractivity contribution in [3.63, 3.8) is 0 Å². The number of aryl methyl sites for hydroxylation is 1. The Morgan fingerprint density at radius 3 is 2.60 bits per heavy atom. The molecule has 1 spiro atoms. The molecule has 0 saturated heterocycles. The first-order valence-corrected chi connectivity index (χ1v) is 8.31. The van der Waals surface area contributed by atoms with Crippen LogP contribution in [0.1, 0.15) is 74.6 Å². The molecule has 1 saturated carbocycles. The van der Waals surface area contributed by atoms with Crippen LogP contribution in [0.2, 0.25) is 0 Å². The van der Waals surface area contributed by atoms with Crippen LogP contribution < -0.4 is 0 Å². The number of rotatable bonds is 0. The maximum Gasteiger partial charge on any atom is 0.0462 e. The third kappa shape index (κ3) is 1.65. The van der Waals surface area contributed by atoms with Gasteiger partial charge >= 0.3 is 0 Å². The van der Waals surface area contributed by atoms with Gasteiger partial charge in [0.2, 0.25) is 0 Å². The Hall–Kier alpha value is -0.820. The van der Waals surface area contributed by atoms with Crippen LogP contribution in [-0.2, 0) is 17.4 Å². The molecule has 4 rings (SSSR count). The Kier molecular flexibility index (Phi) is 2.50. The maximum absolute atomic E-state index is 2.67. The number of likely N-dealkylation sites (N-methyl/N-ethyl adjacent to an activating group) is 1. The number of nitrogens with zero attached hydrogens (tertiary/aromatic N) is 1. The van der Waals surface area contributed by atoms with Gasteiger partial charge in [-0.3, -0.25) is 4.90 Å². The molecule has 1 heteroatoms. The second-order valence-electron chi connectivity index (χ2n) is 8.35. The van der Waals surface area contributed by atoms with Crippen molar-refractivity contribution in [3.8, 4) is 0 Å². The van der Waals surface area contributed by atoms with Crippen molar-refractivity contribution in [2.24, 2.45) is 0 Å². The Labute approximate surface area is 123 Å². The Morgan fingerprint density at radius 1 is 1.20 bits per heavy atom. The lowest BCUT2D eigenvalue weighted by molar-refractivity contribution is 0.179. The van der Waals surface area contributed by atoms with Gasteiger partial charge in [0.05, 0.1) is 0 Å². The first kappa shape index (κ1) is 12.9. The topological polar surface area (TPSA) is 3.24 Å². The minimum atomic E-state index is 0.268. The van der Waals surface area contributed by atoms with Crippen molar-refractivity contribution in [3.05, 3.63) is 34.4 Å². The third-order valence-corrected chi connectivity index (χ3v) is 5.99. The zero-order chi connectivity index (χ0) is 14.1. The quantitative estimate of drug-likeness (QED) is 0.677. The molecule has 20 heavy (non-hydrogen) atoms. The van der Waals surface area contributed by atoms with E-state index in [1.54, 1.807) is 22.3 Å². The molecule has 0 bridgehead atoms. The molecule has 108 valence electrons. The van der Waals surface area contributed by atoms with Gasteiger partial charge in [-0.05, 0) is 72.7 Å². The Morgan fingerprint density at radius 2 is 1.95 bits per heavy atom. The molecule has 1 aliphatic heterocycles. The smallest absolute Gasteiger partial charge is 0.0462 e. The highest BCUT2D eigenvalue weighted by molar-refractivity contribution is 5.51. The zero-order valence-electron chi connectivity index (χ0n) is 13.4. The average molecular weight is 269 g/mol. The van der Waals surface area contributed by atoms with Crippen LogP contribution in [0.25, 0.3) is 0 Å². The first-order chi connectivity index (χ1) is 9.42. The highest BCUT2D eigenvalue weighted by Gasteiger charge is 2.53. The van der Waals surface area contributed by atoms with Gasteiger partial charge in [-0.2, -0.15) is 0 Å². The summed E-state index contributed by atoms with van der Waals surface area (Å²) in [4.78, 5) is 2.67. The van der Waals surface area contributed by atoms with E-state index >= 15 is 0 Å². The Bertz CT molecular complexity index is 560. The SMILES string of the molecule is CN1C[C@@H]2CCCc3cc(C(C)(C)C)cc(c32)C12CC2. The van der Waals surface area contributed by atoms with Crippen LogP contribution in [0.4, 0.5) is 0 Å². The number of benzene rings is 1. The summed E-state index contributed by atoms with van der Waals surface area (Å²) in [5.74, 6) is 0.805. The monoisotopic (exact) mass is 269 g/mol. The summed E-state index contributed by atoms with van der Waals surface area (Å²) in [6, 6.07) is 5.10. The van der Waals surface area contributed by atoms with Crippen LogP contribution in [0, 0.1) is 0 Å². The van der Waals surface area contributed by atoms with E-state index < -0.39 is 0 Å². The molecule has 1 nitrogen and oxygen atoms in total. The Balaban J connectivity index is 1.96. The molecule has 0 aromatic heterocycles. The van der Waals surface area contributed by atoms with Crippen molar-refractivity contribution in [2.75, 3.05) is 13.6 Å². The van der Waals surface area contributed by atoms with Gasteiger partial charge in [0.25, 0.3) is 0 Å². The molecule has 1 heterocycles. The van der Waals surface area contributed by atoms with Gasteiger partial charge in [0, 0.05) is 12.1 Å². The van der Waals surface area contributed by atoms with Crippen LogP contribution in [0.3, 0.4) is 0 Å².